The molecular formula is C15H20O2. The summed E-state index contributed by atoms with van der Waals surface area (Å²) in [4.78, 5) is 10.9. The predicted octanol–water partition coefficient (Wildman–Crippen LogP) is 3.07. The molecule has 1 aromatic rings. The van der Waals surface area contributed by atoms with Gasteiger partial charge in [-0.1, -0.05) is 39.0 Å². The lowest BCUT2D eigenvalue weighted by Gasteiger charge is -2.16. The van der Waals surface area contributed by atoms with E-state index in [4.69, 9.17) is 5.11 Å². The third-order valence-electron chi connectivity index (χ3n) is 3.64. The molecule has 0 saturated carbocycles. The van der Waals surface area contributed by atoms with Crippen LogP contribution >= 0.6 is 0 Å². The van der Waals surface area contributed by atoms with E-state index < -0.39 is 5.97 Å². The van der Waals surface area contributed by atoms with Gasteiger partial charge < -0.3 is 5.11 Å². The molecule has 1 aliphatic rings. The summed E-state index contributed by atoms with van der Waals surface area (Å²) >= 11 is 0. The van der Waals surface area contributed by atoms with Gasteiger partial charge in [0.25, 0.3) is 0 Å². The molecule has 0 spiro atoms. The van der Waals surface area contributed by atoms with Crippen LogP contribution in [0.2, 0.25) is 0 Å². The van der Waals surface area contributed by atoms with Gasteiger partial charge in [-0.15, -0.1) is 0 Å². The second-order valence-electron chi connectivity index (χ2n) is 6.02. The Morgan fingerprint density at radius 1 is 1.41 bits per heavy atom. The summed E-state index contributed by atoms with van der Waals surface area (Å²) in [6.45, 7) is 6.33. The van der Waals surface area contributed by atoms with Gasteiger partial charge in [-0.2, -0.15) is 0 Å². The Hall–Kier alpha value is -1.31. The molecule has 0 aliphatic heterocycles. The van der Waals surface area contributed by atoms with E-state index in [1.807, 2.05) is 0 Å². The number of aliphatic carboxylic acids is 1. The smallest absolute Gasteiger partial charge is 0.306 e. The van der Waals surface area contributed by atoms with Crippen molar-refractivity contribution >= 4 is 5.97 Å². The Morgan fingerprint density at radius 2 is 2.12 bits per heavy atom. The summed E-state index contributed by atoms with van der Waals surface area (Å²) in [5.74, 6) is -1.01. The van der Waals surface area contributed by atoms with Crippen molar-refractivity contribution in [3.05, 3.63) is 34.9 Å². The predicted molar refractivity (Wildman–Crippen MR) is 68.1 cm³/mol. The van der Waals surface area contributed by atoms with Gasteiger partial charge in [-0.3, -0.25) is 4.79 Å². The minimum atomic E-state index is -0.708. The molecule has 0 radical (unpaired) electrons. The first-order valence-corrected chi connectivity index (χ1v) is 6.21. The van der Waals surface area contributed by atoms with Crippen LogP contribution in [0.15, 0.2) is 18.2 Å². The molecule has 1 unspecified atom stereocenters. The van der Waals surface area contributed by atoms with Crippen molar-refractivity contribution in [2.45, 2.75) is 40.0 Å². The number of rotatable bonds is 3. The van der Waals surface area contributed by atoms with Crippen molar-refractivity contribution in [2.24, 2.45) is 11.3 Å². The highest BCUT2D eigenvalue weighted by Crippen LogP contribution is 2.38. The molecule has 2 nitrogen and oxygen atoms in total. The normalized spacial score (nSPS) is 18.8. The molecule has 1 N–H and O–H groups in total. The second-order valence-corrected chi connectivity index (χ2v) is 6.02. The average molecular weight is 232 g/mol. The monoisotopic (exact) mass is 232 g/mol. The van der Waals surface area contributed by atoms with Gasteiger partial charge in [0.1, 0.15) is 0 Å². The van der Waals surface area contributed by atoms with Crippen LogP contribution in [0.5, 0.6) is 0 Å². The fourth-order valence-electron chi connectivity index (χ4n) is 2.75. The number of carboxylic acids is 1. The first-order valence-electron chi connectivity index (χ1n) is 6.21. The van der Waals surface area contributed by atoms with Crippen molar-refractivity contribution in [2.75, 3.05) is 0 Å². The van der Waals surface area contributed by atoms with Gasteiger partial charge in [0.05, 0.1) is 5.92 Å². The highest BCUT2D eigenvalue weighted by Gasteiger charge is 2.30. The Balaban J connectivity index is 2.27. The zero-order chi connectivity index (χ0) is 12.6. The molecule has 0 fully saturated rings. The molecule has 1 aromatic carbocycles. The van der Waals surface area contributed by atoms with Gasteiger partial charge in [-0.05, 0) is 41.4 Å². The first kappa shape index (κ1) is 12.2. The lowest BCUT2D eigenvalue weighted by Crippen LogP contribution is -2.14. The molecule has 0 aromatic heterocycles. The summed E-state index contributed by atoms with van der Waals surface area (Å²) in [5, 5.41) is 8.99. The molecule has 2 heteroatoms. The van der Waals surface area contributed by atoms with Crippen LogP contribution in [0, 0.1) is 11.3 Å². The zero-order valence-corrected chi connectivity index (χ0v) is 10.8. The second kappa shape index (κ2) is 4.17. The molecule has 92 valence electrons. The number of carbonyl (C=O) groups is 1. The largest absolute Gasteiger partial charge is 0.481 e. The summed E-state index contributed by atoms with van der Waals surface area (Å²) in [6, 6.07) is 6.32. The SMILES string of the molecule is CC(Cc1cccc2c1CC(C)(C)C2)C(=O)O. The van der Waals surface area contributed by atoms with Crippen LogP contribution < -0.4 is 0 Å². The number of carboxylic acid groups (broad SMARTS) is 1. The molecular weight excluding hydrogens is 212 g/mol. The van der Waals surface area contributed by atoms with Crippen LogP contribution in [-0.2, 0) is 24.1 Å². The Kier molecular flexibility index (Phi) is 2.98. The summed E-state index contributed by atoms with van der Waals surface area (Å²) in [7, 11) is 0. The third-order valence-corrected chi connectivity index (χ3v) is 3.64. The van der Waals surface area contributed by atoms with E-state index in [9.17, 15) is 4.79 Å². The Bertz CT molecular complexity index is 446. The highest BCUT2D eigenvalue weighted by atomic mass is 16.4. The summed E-state index contributed by atoms with van der Waals surface area (Å²) in [5.41, 5.74) is 4.35. The zero-order valence-electron chi connectivity index (χ0n) is 10.8. The molecule has 0 amide bonds. The van der Waals surface area contributed by atoms with E-state index >= 15 is 0 Å². The maximum absolute atomic E-state index is 10.9. The van der Waals surface area contributed by atoms with Crippen LogP contribution in [0.3, 0.4) is 0 Å². The van der Waals surface area contributed by atoms with E-state index in [0.29, 0.717) is 11.8 Å². The maximum atomic E-state index is 10.9. The van der Waals surface area contributed by atoms with E-state index in [2.05, 4.69) is 32.0 Å². The molecule has 1 aliphatic carbocycles. The minimum absolute atomic E-state index is 0.301. The first-order chi connectivity index (χ1) is 7.89. The van der Waals surface area contributed by atoms with Crippen molar-refractivity contribution in [1.82, 2.24) is 0 Å². The van der Waals surface area contributed by atoms with E-state index in [1.165, 1.54) is 16.7 Å². The van der Waals surface area contributed by atoms with Crippen molar-refractivity contribution in [3.63, 3.8) is 0 Å². The van der Waals surface area contributed by atoms with Crippen LogP contribution in [0.1, 0.15) is 37.5 Å². The third kappa shape index (κ3) is 2.51. The van der Waals surface area contributed by atoms with E-state index in [-0.39, 0.29) is 5.92 Å². The molecule has 1 atom stereocenters. The molecule has 17 heavy (non-hydrogen) atoms. The molecule has 2 rings (SSSR count). The summed E-state index contributed by atoms with van der Waals surface area (Å²) in [6.07, 6.45) is 2.83. The van der Waals surface area contributed by atoms with Gasteiger partial charge in [0, 0.05) is 0 Å². The van der Waals surface area contributed by atoms with E-state index in [0.717, 1.165) is 12.8 Å². The topological polar surface area (TPSA) is 37.3 Å². The standard InChI is InChI=1S/C15H20O2/c1-10(14(16)17)7-11-5-4-6-12-8-15(2,3)9-13(11)12/h4-6,10H,7-9H2,1-3H3,(H,16,17). The lowest BCUT2D eigenvalue weighted by atomic mass is 9.89. The van der Waals surface area contributed by atoms with Crippen molar-refractivity contribution in [3.8, 4) is 0 Å². The number of fused-ring (bicyclic) bond motifs is 1. The quantitative estimate of drug-likeness (QED) is 0.869. The molecule has 0 saturated heterocycles. The Labute approximate surface area is 103 Å². The van der Waals surface area contributed by atoms with Crippen LogP contribution in [0.25, 0.3) is 0 Å². The minimum Gasteiger partial charge on any atom is -0.481 e. The van der Waals surface area contributed by atoms with Gasteiger partial charge >= 0.3 is 5.97 Å². The van der Waals surface area contributed by atoms with Crippen LogP contribution in [0.4, 0.5) is 0 Å². The number of hydrogen-bond acceptors (Lipinski definition) is 1. The van der Waals surface area contributed by atoms with Crippen molar-refractivity contribution in [1.29, 1.82) is 0 Å². The van der Waals surface area contributed by atoms with Gasteiger partial charge in [-0.25, -0.2) is 0 Å². The highest BCUT2D eigenvalue weighted by molar-refractivity contribution is 5.70. The molecule has 0 bridgehead atoms. The average Bonchev–Trinajstić information content (AvgIpc) is 2.53. The lowest BCUT2D eigenvalue weighted by molar-refractivity contribution is -0.141. The van der Waals surface area contributed by atoms with Crippen molar-refractivity contribution < 1.29 is 9.90 Å². The fraction of sp³-hybridized carbons (Fsp3) is 0.533. The van der Waals surface area contributed by atoms with Crippen LogP contribution in [-0.4, -0.2) is 11.1 Å². The number of benzene rings is 1. The fourth-order valence-corrected chi connectivity index (χ4v) is 2.75. The Morgan fingerprint density at radius 3 is 2.76 bits per heavy atom. The number of hydrogen-bond donors (Lipinski definition) is 1. The van der Waals surface area contributed by atoms with Gasteiger partial charge in [0.15, 0.2) is 0 Å². The van der Waals surface area contributed by atoms with Gasteiger partial charge in [0.2, 0.25) is 0 Å². The molecule has 0 heterocycles. The summed E-state index contributed by atoms with van der Waals surface area (Å²) < 4.78 is 0. The van der Waals surface area contributed by atoms with E-state index in [1.54, 1.807) is 6.92 Å². The maximum Gasteiger partial charge on any atom is 0.306 e.